The van der Waals surface area contributed by atoms with Crippen LogP contribution in [0.3, 0.4) is 0 Å². The second-order valence-electron chi connectivity index (χ2n) is 8.33. The Labute approximate surface area is 171 Å². The minimum absolute atomic E-state index is 0.400. The molecule has 1 fully saturated rings. The number of aromatic hydroxyl groups is 1. The van der Waals surface area contributed by atoms with Gasteiger partial charge in [0.2, 0.25) is 0 Å². The maximum Gasteiger partial charge on any atom is 0.147 e. The van der Waals surface area contributed by atoms with Gasteiger partial charge in [0.1, 0.15) is 17.4 Å². The van der Waals surface area contributed by atoms with E-state index in [1.807, 2.05) is 24.3 Å². The van der Waals surface area contributed by atoms with E-state index in [9.17, 15) is 5.11 Å². The largest absolute Gasteiger partial charge is 0.508 e. The van der Waals surface area contributed by atoms with E-state index >= 15 is 0 Å². The highest BCUT2D eigenvalue weighted by atomic mass is 16.3. The normalized spacial score (nSPS) is 18.6. The summed E-state index contributed by atoms with van der Waals surface area (Å²) >= 11 is 0. The number of hydrogen-bond donors (Lipinski definition) is 1. The second-order valence-corrected chi connectivity index (χ2v) is 8.33. The summed E-state index contributed by atoms with van der Waals surface area (Å²) in [6, 6.07) is 12.1. The molecule has 2 aliphatic rings. The number of hydrogen-bond acceptors (Lipinski definition) is 5. The molecule has 6 nitrogen and oxygen atoms in total. The fraction of sp³-hybridized carbons (Fsp3) is 0.478. The molecule has 0 spiro atoms. The van der Waals surface area contributed by atoms with E-state index in [-0.39, 0.29) is 0 Å². The molecule has 1 N–H and O–H groups in total. The van der Waals surface area contributed by atoms with Gasteiger partial charge in [-0.05, 0) is 29.7 Å². The number of aryl methyl sites for hydroxylation is 1. The van der Waals surface area contributed by atoms with Crippen LogP contribution >= 0.6 is 0 Å². The van der Waals surface area contributed by atoms with E-state index in [1.54, 1.807) is 0 Å². The van der Waals surface area contributed by atoms with Gasteiger partial charge in [-0.3, -0.25) is 9.80 Å². The fourth-order valence-corrected chi connectivity index (χ4v) is 4.68. The van der Waals surface area contributed by atoms with Crippen molar-refractivity contribution < 1.29 is 5.11 Å². The molecule has 152 valence electrons. The number of nitrogens with zero attached hydrogens (tertiary/aromatic N) is 5. The van der Waals surface area contributed by atoms with E-state index in [4.69, 9.17) is 0 Å². The molecule has 0 bridgehead atoms. The first-order chi connectivity index (χ1) is 14.3. The van der Waals surface area contributed by atoms with Gasteiger partial charge < -0.3 is 9.67 Å². The molecule has 0 unspecified atom stereocenters. The first kappa shape index (κ1) is 18.6. The summed E-state index contributed by atoms with van der Waals surface area (Å²) in [5.41, 5.74) is 1.04. The van der Waals surface area contributed by atoms with Crippen molar-refractivity contribution in [2.24, 2.45) is 0 Å². The lowest BCUT2D eigenvalue weighted by atomic mass is 10.0. The van der Waals surface area contributed by atoms with Gasteiger partial charge >= 0.3 is 0 Å². The molecule has 2 aliphatic heterocycles. The molecule has 0 amide bonds. The van der Waals surface area contributed by atoms with Crippen molar-refractivity contribution in [3.8, 4) is 5.75 Å². The highest BCUT2D eigenvalue weighted by Gasteiger charge is 2.22. The molecule has 6 heteroatoms. The molecule has 2 aromatic carbocycles. The van der Waals surface area contributed by atoms with Crippen LogP contribution in [-0.2, 0) is 26.1 Å². The Balaban J connectivity index is 1.23. The van der Waals surface area contributed by atoms with Crippen LogP contribution < -0.4 is 0 Å². The Bertz CT molecular complexity index is 990. The third-order valence-electron chi connectivity index (χ3n) is 6.41. The predicted molar refractivity (Wildman–Crippen MR) is 114 cm³/mol. The zero-order valence-electron chi connectivity index (χ0n) is 16.9. The second kappa shape index (κ2) is 8.13. The SMILES string of the molecule is Oc1ccc2ccccc2c1CN1CCN(Cc2nnc3n2CCCCC3)CC1. The van der Waals surface area contributed by atoms with Gasteiger partial charge in [-0.25, -0.2) is 0 Å². The van der Waals surface area contributed by atoms with Crippen molar-refractivity contribution in [3.63, 3.8) is 0 Å². The average molecular weight is 392 g/mol. The van der Waals surface area contributed by atoms with Crippen LogP contribution in [0, 0.1) is 0 Å². The summed E-state index contributed by atoms with van der Waals surface area (Å²) in [5.74, 6) is 2.70. The Kier molecular flexibility index (Phi) is 5.21. The minimum Gasteiger partial charge on any atom is -0.508 e. The first-order valence-electron chi connectivity index (χ1n) is 10.8. The van der Waals surface area contributed by atoms with Gasteiger partial charge in [0.25, 0.3) is 0 Å². The lowest BCUT2D eigenvalue weighted by molar-refractivity contribution is 0.118. The van der Waals surface area contributed by atoms with Crippen molar-refractivity contribution >= 4 is 10.8 Å². The summed E-state index contributed by atoms with van der Waals surface area (Å²) in [6.45, 7) is 6.80. The summed E-state index contributed by atoms with van der Waals surface area (Å²) in [5, 5.41) is 21.7. The number of aromatic nitrogens is 3. The number of phenols is 1. The van der Waals surface area contributed by atoms with Crippen molar-refractivity contribution in [1.29, 1.82) is 0 Å². The number of piperazine rings is 1. The predicted octanol–water partition coefficient (Wildman–Crippen LogP) is 3.18. The Morgan fingerprint density at radius 2 is 1.59 bits per heavy atom. The van der Waals surface area contributed by atoms with E-state index in [0.717, 1.165) is 69.0 Å². The van der Waals surface area contributed by atoms with Crippen LogP contribution in [0.15, 0.2) is 36.4 Å². The maximum absolute atomic E-state index is 10.4. The number of rotatable bonds is 4. The highest BCUT2D eigenvalue weighted by molar-refractivity contribution is 5.87. The smallest absolute Gasteiger partial charge is 0.147 e. The Hall–Kier alpha value is -2.44. The molecule has 0 radical (unpaired) electrons. The van der Waals surface area contributed by atoms with Gasteiger partial charge in [0.05, 0.1) is 6.54 Å². The molecular weight excluding hydrogens is 362 g/mol. The van der Waals surface area contributed by atoms with Crippen molar-refractivity contribution in [2.75, 3.05) is 26.2 Å². The summed E-state index contributed by atoms with van der Waals surface area (Å²) in [6.07, 6.45) is 4.83. The fourth-order valence-electron chi connectivity index (χ4n) is 4.68. The lowest BCUT2D eigenvalue weighted by Gasteiger charge is -2.34. The molecule has 0 atom stereocenters. The van der Waals surface area contributed by atoms with Crippen LogP contribution in [0.25, 0.3) is 10.8 Å². The molecule has 3 aromatic rings. The summed E-state index contributed by atoms with van der Waals surface area (Å²) in [4.78, 5) is 4.93. The van der Waals surface area contributed by atoms with Gasteiger partial charge in [0.15, 0.2) is 0 Å². The van der Waals surface area contributed by atoms with E-state index in [1.165, 1.54) is 30.5 Å². The number of fused-ring (bicyclic) bond motifs is 2. The highest BCUT2D eigenvalue weighted by Crippen LogP contribution is 2.28. The first-order valence-corrected chi connectivity index (χ1v) is 10.8. The number of benzene rings is 2. The molecule has 1 saturated heterocycles. The molecule has 5 rings (SSSR count). The molecule has 3 heterocycles. The van der Waals surface area contributed by atoms with Crippen LogP contribution in [0.2, 0.25) is 0 Å². The standard InChI is InChI=1S/C23H29N5O/c29-21-10-9-18-6-3-4-7-19(18)20(21)16-26-12-14-27(15-13-26)17-23-25-24-22-8-2-1-5-11-28(22)23/h3-4,6-7,9-10,29H,1-2,5,8,11-17H2. The van der Waals surface area contributed by atoms with E-state index < -0.39 is 0 Å². The zero-order chi connectivity index (χ0) is 19.6. The molecular formula is C23H29N5O. The van der Waals surface area contributed by atoms with Gasteiger partial charge in [-0.1, -0.05) is 36.8 Å². The van der Waals surface area contributed by atoms with E-state index in [2.05, 4.69) is 36.7 Å². The van der Waals surface area contributed by atoms with Crippen LogP contribution in [0.4, 0.5) is 0 Å². The zero-order valence-corrected chi connectivity index (χ0v) is 16.9. The minimum atomic E-state index is 0.400. The molecule has 0 aliphatic carbocycles. The van der Waals surface area contributed by atoms with Gasteiger partial charge in [-0.2, -0.15) is 0 Å². The van der Waals surface area contributed by atoms with Gasteiger partial charge in [0, 0.05) is 51.3 Å². The van der Waals surface area contributed by atoms with Gasteiger partial charge in [-0.15, -0.1) is 10.2 Å². The third kappa shape index (κ3) is 3.87. The summed E-state index contributed by atoms with van der Waals surface area (Å²) < 4.78 is 2.35. The Morgan fingerprint density at radius 1 is 0.793 bits per heavy atom. The monoisotopic (exact) mass is 391 g/mol. The lowest BCUT2D eigenvalue weighted by Crippen LogP contribution is -2.45. The Morgan fingerprint density at radius 3 is 2.45 bits per heavy atom. The quantitative estimate of drug-likeness (QED) is 0.740. The molecule has 29 heavy (non-hydrogen) atoms. The van der Waals surface area contributed by atoms with Crippen LogP contribution in [0.5, 0.6) is 5.75 Å². The summed E-state index contributed by atoms with van der Waals surface area (Å²) in [7, 11) is 0. The number of phenolic OH excluding ortho intramolecular Hbond substituents is 1. The van der Waals surface area contributed by atoms with Crippen LogP contribution in [-0.4, -0.2) is 55.8 Å². The third-order valence-corrected chi connectivity index (χ3v) is 6.41. The van der Waals surface area contributed by atoms with Crippen molar-refractivity contribution in [1.82, 2.24) is 24.6 Å². The topological polar surface area (TPSA) is 57.4 Å². The van der Waals surface area contributed by atoms with Crippen molar-refractivity contribution in [3.05, 3.63) is 53.6 Å². The molecule has 0 saturated carbocycles. The maximum atomic E-state index is 10.4. The van der Waals surface area contributed by atoms with Crippen LogP contribution in [0.1, 0.15) is 36.5 Å². The van der Waals surface area contributed by atoms with E-state index in [0.29, 0.717) is 5.75 Å². The van der Waals surface area contributed by atoms with Crippen molar-refractivity contribution in [2.45, 2.75) is 45.3 Å². The molecule has 1 aromatic heterocycles. The average Bonchev–Trinajstić information content (AvgIpc) is 2.97.